The van der Waals surface area contributed by atoms with E-state index >= 15 is 0 Å². The molecule has 3 heterocycles. The summed E-state index contributed by atoms with van der Waals surface area (Å²) in [5, 5.41) is 24.0. The Morgan fingerprint density at radius 2 is 2.16 bits per heavy atom. The minimum atomic E-state index is -0.120. The van der Waals surface area contributed by atoms with E-state index in [0.717, 1.165) is 16.6 Å². The second kappa shape index (κ2) is 6.65. The van der Waals surface area contributed by atoms with Crippen molar-refractivity contribution in [3.63, 3.8) is 0 Å². The zero-order valence-corrected chi connectivity index (χ0v) is 13.9. The van der Waals surface area contributed by atoms with Gasteiger partial charge < -0.3 is 9.67 Å². The van der Waals surface area contributed by atoms with Gasteiger partial charge in [0.2, 0.25) is 0 Å². The van der Waals surface area contributed by atoms with Crippen LogP contribution in [0.3, 0.4) is 0 Å². The van der Waals surface area contributed by atoms with Gasteiger partial charge in [-0.15, -0.1) is 0 Å². The second-order valence-electron chi connectivity index (χ2n) is 6.57. The highest BCUT2D eigenvalue weighted by molar-refractivity contribution is 5.90. The molecule has 0 unspecified atom stereocenters. The molecule has 1 atom stereocenters. The van der Waals surface area contributed by atoms with E-state index < -0.39 is 0 Å². The lowest BCUT2D eigenvalue weighted by Crippen LogP contribution is -2.17. The van der Waals surface area contributed by atoms with E-state index in [1.165, 1.54) is 32.0 Å². The van der Waals surface area contributed by atoms with E-state index in [1.807, 2.05) is 16.9 Å². The lowest BCUT2D eigenvalue weighted by atomic mass is 9.96. The Morgan fingerprint density at radius 1 is 1.32 bits per heavy atom. The Balaban J connectivity index is 1.71. The molecule has 0 aliphatic heterocycles. The van der Waals surface area contributed by atoms with E-state index in [0.29, 0.717) is 18.0 Å². The van der Waals surface area contributed by atoms with Crippen LogP contribution in [0.2, 0.25) is 0 Å². The summed E-state index contributed by atoms with van der Waals surface area (Å²) in [6.45, 7) is -0.120. The van der Waals surface area contributed by atoms with Crippen molar-refractivity contribution in [2.45, 2.75) is 44.9 Å². The van der Waals surface area contributed by atoms with Gasteiger partial charge in [-0.2, -0.15) is 10.4 Å². The van der Waals surface area contributed by atoms with Crippen LogP contribution >= 0.6 is 0 Å². The van der Waals surface area contributed by atoms with Gasteiger partial charge in [0.15, 0.2) is 0 Å². The number of aliphatic hydroxyl groups excluding tert-OH is 1. The molecular weight excluding hydrogens is 316 g/mol. The average Bonchev–Trinajstić information content (AvgIpc) is 3.39. The molecule has 0 spiro atoms. The maximum absolute atomic E-state index is 9.40. The van der Waals surface area contributed by atoms with Crippen molar-refractivity contribution in [3.05, 3.63) is 31.0 Å². The predicted octanol–water partition coefficient (Wildman–Crippen LogP) is 2.89. The number of hydrogen-bond donors (Lipinski definition) is 1. The Morgan fingerprint density at radius 3 is 2.92 bits per heavy atom. The van der Waals surface area contributed by atoms with Gasteiger partial charge >= 0.3 is 0 Å². The van der Waals surface area contributed by atoms with Gasteiger partial charge in [0, 0.05) is 23.3 Å². The molecule has 1 N–H and O–H groups in total. The quantitative estimate of drug-likeness (QED) is 0.773. The number of rotatable bonds is 5. The van der Waals surface area contributed by atoms with Crippen LogP contribution in [0.4, 0.5) is 0 Å². The third-order valence-electron chi connectivity index (χ3n) is 5.17. The molecule has 0 radical (unpaired) electrons. The van der Waals surface area contributed by atoms with E-state index in [-0.39, 0.29) is 12.8 Å². The van der Waals surface area contributed by atoms with Crippen molar-refractivity contribution in [2.24, 2.45) is 5.92 Å². The van der Waals surface area contributed by atoms with Gasteiger partial charge in [0.05, 0.1) is 30.4 Å². The van der Waals surface area contributed by atoms with Crippen molar-refractivity contribution in [3.8, 4) is 17.3 Å². The summed E-state index contributed by atoms with van der Waals surface area (Å²) in [4.78, 5) is 8.67. The first-order valence-corrected chi connectivity index (χ1v) is 8.64. The highest BCUT2D eigenvalue weighted by Crippen LogP contribution is 2.36. The number of hydrogen-bond acceptors (Lipinski definition) is 5. The first-order valence-electron chi connectivity index (χ1n) is 8.64. The zero-order chi connectivity index (χ0) is 17.2. The Bertz CT molecular complexity index is 915. The fraction of sp³-hybridized carbons (Fsp3) is 0.444. The largest absolute Gasteiger partial charge is 0.376 e. The van der Waals surface area contributed by atoms with Crippen molar-refractivity contribution in [1.82, 2.24) is 24.3 Å². The monoisotopic (exact) mass is 336 g/mol. The third-order valence-corrected chi connectivity index (χ3v) is 5.17. The van der Waals surface area contributed by atoms with Gasteiger partial charge in [-0.05, 0) is 24.8 Å². The van der Waals surface area contributed by atoms with Gasteiger partial charge in [0.1, 0.15) is 18.7 Å². The molecule has 3 aromatic rings. The highest BCUT2D eigenvalue weighted by atomic mass is 16.3. The number of nitriles is 1. The fourth-order valence-electron chi connectivity index (χ4n) is 3.90. The molecule has 1 saturated carbocycles. The molecule has 3 aromatic heterocycles. The van der Waals surface area contributed by atoms with E-state index in [4.69, 9.17) is 0 Å². The SMILES string of the molecule is N#CC[C@@H](C1CCCC1)n1cc(-c2ncnc3c2ccn3CO)cn1. The second-order valence-corrected chi connectivity index (χ2v) is 6.57. The predicted molar refractivity (Wildman–Crippen MR) is 92.2 cm³/mol. The normalized spacial score (nSPS) is 16.3. The van der Waals surface area contributed by atoms with E-state index in [2.05, 4.69) is 21.1 Å². The topological polar surface area (TPSA) is 92.5 Å². The van der Waals surface area contributed by atoms with Gasteiger partial charge in [-0.25, -0.2) is 9.97 Å². The molecule has 7 nitrogen and oxygen atoms in total. The molecule has 25 heavy (non-hydrogen) atoms. The Hall–Kier alpha value is -2.72. The first kappa shape index (κ1) is 15.8. The summed E-state index contributed by atoms with van der Waals surface area (Å²) in [5.41, 5.74) is 2.40. The summed E-state index contributed by atoms with van der Waals surface area (Å²) >= 11 is 0. The van der Waals surface area contributed by atoms with Crippen LogP contribution < -0.4 is 0 Å². The number of aromatic nitrogens is 5. The maximum atomic E-state index is 9.40. The first-order chi connectivity index (χ1) is 12.3. The summed E-state index contributed by atoms with van der Waals surface area (Å²) in [6.07, 6.45) is 12.4. The van der Waals surface area contributed by atoms with Crippen molar-refractivity contribution >= 4 is 11.0 Å². The van der Waals surface area contributed by atoms with Crippen LogP contribution in [0.5, 0.6) is 0 Å². The van der Waals surface area contributed by atoms with E-state index in [1.54, 1.807) is 17.0 Å². The summed E-state index contributed by atoms with van der Waals surface area (Å²) in [6, 6.07) is 4.35. The molecule has 1 aliphatic carbocycles. The van der Waals surface area contributed by atoms with Crippen LogP contribution in [-0.2, 0) is 6.73 Å². The number of nitrogens with zero attached hydrogens (tertiary/aromatic N) is 6. The van der Waals surface area contributed by atoms with Crippen molar-refractivity contribution in [2.75, 3.05) is 0 Å². The van der Waals surface area contributed by atoms with Crippen molar-refractivity contribution in [1.29, 1.82) is 5.26 Å². The molecule has 1 aliphatic rings. The fourth-order valence-corrected chi connectivity index (χ4v) is 3.90. The average molecular weight is 336 g/mol. The lowest BCUT2D eigenvalue weighted by Gasteiger charge is -2.21. The highest BCUT2D eigenvalue weighted by Gasteiger charge is 2.27. The maximum Gasteiger partial charge on any atom is 0.145 e. The molecule has 0 aromatic carbocycles. The number of fused-ring (bicyclic) bond motifs is 1. The molecule has 4 rings (SSSR count). The molecule has 128 valence electrons. The molecular formula is C18H20N6O. The van der Waals surface area contributed by atoms with Crippen molar-refractivity contribution < 1.29 is 5.11 Å². The molecule has 0 saturated heterocycles. The molecule has 1 fully saturated rings. The van der Waals surface area contributed by atoms with Gasteiger partial charge in [0.25, 0.3) is 0 Å². The zero-order valence-electron chi connectivity index (χ0n) is 13.9. The Kier molecular flexibility index (Phi) is 4.20. The minimum absolute atomic E-state index is 0.120. The van der Waals surface area contributed by atoms with Crippen LogP contribution in [0.25, 0.3) is 22.3 Å². The lowest BCUT2D eigenvalue weighted by molar-refractivity contribution is 0.215. The van der Waals surface area contributed by atoms with Crippen LogP contribution in [0.1, 0.15) is 38.1 Å². The summed E-state index contributed by atoms with van der Waals surface area (Å²) < 4.78 is 3.60. The molecule has 7 heteroatoms. The van der Waals surface area contributed by atoms with Crippen LogP contribution in [-0.4, -0.2) is 29.4 Å². The Labute approximate surface area is 145 Å². The number of aliphatic hydroxyl groups is 1. The van der Waals surface area contributed by atoms with E-state index in [9.17, 15) is 10.4 Å². The third kappa shape index (κ3) is 2.79. The standard InChI is InChI=1S/C18H20N6O/c19-7-5-16(13-3-1-2-4-13)24-10-14(9-22-24)17-15-6-8-23(12-25)18(15)21-11-20-17/h6,8-11,13,16,25H,1-5,12H2/t16-/m0/s1. The molecule has 0 amide bonds. The minimum Gasteiger partial charge on any atom is -0.376 e. The summed E-state index contributed by atoms with van der Waals surface area (Å²) in [5.74, 6) is 0.522. The smallest absolute Gasteiger partial charge is 0.145 e. The van der Waals surface area contributed by atoms with Gasteiger partial charge in [-0.1, -0.05) is 12.8 Å². The van der Waals surface area contributed by atoms with Crippen LogP contribution in [0, 0.1) is 17.2 Å². The summed E-state index contributed by atoms with van der Waals surface area (Å²) in [7, 11) is 0. The molecule has 0 bridgehead atoms. The van der Waals surface area contributed by atoms with Crippen LogP contribution in [0.15, 0.2) is 31.0 Å². The van der Waals surface area contributed by atoms with Gasteiger partial charge in [-0.3, -0.25) is 4.68 Å².